The highest BCUT2D eigenvalue weighted by Gasteiger charge is 2.09. The number of aromatic nitrogens is 2. The fourth-order valence-electron chi connectivity index (χ4n) is 2.09. The fraction of sp³-hybridized carbons (Fsp3) is 0.357. The molecule has 0 radical (unpaired) electrons. The number of rotatable bonds is 7. The first-order valence-electron chi connectivity index (χ1n) is 6.34. The lowest BCUT2D eigenvalue weighted by atomic mass is 10.1. The van der Waals surface area contributed by atoms with Crippen molar-refractivity contribution in [1.82, 2.24) is 9.38 Å². The van der Waals surface area contributed by atoms with Crippen LogP contribution in [0.1, 0.15) is 31.4 Å². The summed E-state index contributed by atoms with van der Waals surface area (Å²) in [6.45, 7) is 0. The van der Waals surface area contributed by atoms with Crippen LogP contribution in [0.4, 0.5) is 0 Å². The van der Waals surface area contributed by atoms with Crippen molar-refractivity contribution in [3.63, 3.8) is 0 Å². The minimum Gasteiger partial charge on any atom is -0.476 e. The van der Waals surface area contributed by atoms with Gasteiger partial charge in [0.1, 0.15) is 0 Å². The van der Waals surface area contributed by atoms with Crippen LogP contribution in [0.15, 0.2) is 30.7 Å². The van der Waals surface area contributed by atoms with Crippen LogP contribution in [0, 0.1) is 0 Å². The van der Waals surface area contributed by atoms with Crippen LogP contribution >= 0.6 is 0 Å². The Hall–Kier alpha value is -2.17. The molecule has 5 heteroatoms. The Morgan fingerprint density at radius 2 is 2.05 bits per heavy atom. The lowest BCUT2D eigenvalue weighted by molar-refractivity contribution is -0.149. The van der Waals surface area contributed by atoms with E-state index in [1.54, 1.807) is 6.33 Å². The molecule has 0 bridgehead atoms. The molecule has 1 N–H and O–H groups in total. The molecule has 0 spiro atoms. The van der Waals surface area contributed by atoms with Crippen LogP contribution < -0.4 is 0 Å². The molecule has 2 aromatic rings. The van der Waals surface area contributed by atoms with Crippen molar-refractivity contribution in [3.8, 4) is 0 Å². The summed E-state index contributed by atoms with van der Waals surface area (Å²) in [4.78, 5) is 25.3. The molecule has 0 aliphatic heterocycles. The SMILES string of the molecule is O=C(O)C(=O)CCCCCc1cccc2cncn12. The number of aliphatic carboxylic acids is 1. The third-order valence-electron chi connectivity index (χ3n) is 3.11. The molecule has 19 heavy (non-hydrogen) atoms. The first-order valence-corrected chi connectivity index (χ1v) is 6.34. The summed E-state index contributed by atoms with van der Waals surface area (Å²) in [5.41, 5.74) is 2.25. The van der Waals surface area contributed by atoms with E-state index in [1.165, 1.54) is 5.69 Å². The number of imidazole rings is 1. The Bertz CT molecular complexity index is 589. The Morgan fingerprint density at radius 1 is 1.21 bits per heavy atom. The Balaban J connectivity index is 1.78. The van der Waals surface area contributed by atoms with Crippen LogP contribution in [0.5, 0.6) is 0 Å². The molecule has 0 atom stereocenters. The molecule has 0 aromatic carbocycles. The number of hydrogen-bond acceptors (Lipinski definition) is 3. The topological polar surface area (TPSA) is 71.7 Å². The van der Waals surface area contributed by atoms with Crippen LogP contribution in [0.2, 0.25) is 0 Å². The molecule has 0 amide bonds. The number of pyridine rings is 1. The quantitative estimate of drug-likeness (QED) is 0.611. The zero-order chi connectivity index (χ0) is 13.7. The molecule has 0 unspecified atom stereocenters. The van der Waals surface area contributed by atoms with E-state index in [-0.39, 0.29) is 6.42 Å². The Morgan fingerprint density at radius 3 is 2.84 bits per heavy atom. The van der Waals surface area contributed by atoms with Gasteiger partial charge in [0.05, 0.1) is 18.0 Å². The summed E-state index contributed by atoms with van der Waals surface area (Å²) in [5, 5.41) is 8.45. The molecule has 0 aliphatic carbocycles. The largest absolute Gasteiger partial charge is 0.476 e. The van der Waals surface area contributed by atoms with Crippen molar-refractivity contribution in [2.75, 3.05) is 0 Å². The Kier molecular flexibility index (Phi) is 4.28. The number of unbranched alkanes of at least 4 members (excludes halogenated alkanes) is 2. The minimum absolute atomic E-state index is 0.130. The van der Waals surface area contributed by atoms with Crippen molar-refractivity contribution in [2.45, 2.75) is 32.1 Å². The van der Waals surface area contributed by atoms with Crippen LogP contribution in [0.3, 0.4) is 0 Å². The van der Waals surface area contributed by atoms with Crippen molar-refractivity contribution >= 4 is 17.3 Å². The van der Waals surface area contributed by atoms with Gasteiger partial charge in [0, 0.05) is 12.1 Å². The molecule has 2 rings (SSSR count). The van der Waals surface area contributed by atoms with E-state index in [0.29, 0.717) is 6.42 Å². The number of fused-ring (bicyclic) bond motifs is 1. The molecule has 100 valence electrons. The maximum Gasteiger partial charge on any atom is 0.372 e. The molecule has 2 aromatic heterocycles. The highest BCUT2D eigenvalue weighted by Crippen LogP contribution is 2.11. The number of aryl methyl sites for hydroxylation is 1. The van der Waals surface area contributed by atoms with Gasteiger partial charge < -0.3 is 9.51 Å². The maximum absolute atomic E-state index is 10.9. The summed E-state index contributed by atoms with van der Waals surface area (Å²) in [5.74, 6) is -2.03. The molecule has 2 heterocycles. The van der Waals surface area contributed by atoms with Crippen LogP contribution in [-0.2, 0) is 16.0 Å². The standard InChI is InChI=1S/C14H16N2O3/c17-13(14(18)19)8-3-1-2-5-11-6-4-7-12-9-15-10-16(11)12/h4,6-7,9-10H,1-3,5,8H2,(H,18,19). The van der Waals surface area contributed by atoms with Gasteiger partial charge in [0.2, 0.25) is 5.78 Å². The van der Waals surface area contributed by atoms with Gasteiger partial charge in [-0.25, -0.2) is 9.78 Å². The number of carbonyl (C=O) groups is 2. The van der Waals surface area contributed by atoms with E-state index in [2.05, 4.69) is 11.1 Å². The van der Waals surface area contributed by atoms with Crippen molar-refractivity contribution in [3.05, 3.63) is 36.4 Å². The van der Waals surface area contributed by atoms with E-state index in [9.17, 15) is 9.59 Å². The van der Waals surface area contributed by atoms with E-state index in [0.717, 1.165) is 24.8 Å². The number of hydrogen-bond donors (Lipinski definition) is 1. The second-order valence-electron chi connectivity index (χ2n) is 4.49. The van der Waals surface area contributed by atoms with Gasteiger partial charge in [-0.05, 0) is 31.4 Å². The summed E-state index contributed by atoms with van der Waals surface area (Å²) in [6.07, 6.45) is 7.05. The highest BCUT2D eigenvalue weighted by atomic mass is 16.4. The fourth-order valence-corrected chi connectivity index (χ4v) is 2.09. The normalized spacial score (nSPS) is 10.7. The van der Waals surface area contributed by atoms with Gasteiger partial charge in [0.25, 0.3) is 0 Å². The summed E-state index contributed by atoms with van der Waals surface area (Å²) < 4.78 is 2.04. The van der Waals surface area contributed by atoms with Crippen molar-refractivity contribution < 1.29 is 14.7 Å². The predicted molar refractivity (Wildman–Crippen MR) is 70.0 cm³/mol. The number of carbonyl (C=O) groups excluding carboxylic acids is 1. The minimum atomic E-state index is -1.33. The third kappa shape index (κ3) is 3.40. The molecule has 0 fully saturated rings. The van der Waals surface area contributed by atoms with Crippen molar-refractivity contribution in [1.29, 1.82) is 0 Å². The van der Waals surface area contributed by atoms with E-state index >= 15 is 0 Å². The number of ketones is 1. The molecule has 0 saturated heterocycles. The van der Waals surface area contributed by atoms with E-state index in [1.807, 2.05) is 22.7 Å². The van der Waals surface area contributed by atoms with Gasteiger partial charge in [-0.15, -0.1) is 0 Å². The smallest absolute Gasteiger partial charge is 0.372 e. The summed E-state index contributed by atoms with van der Waals surface area (Å²) >= 11 is 0. The average molecular weight is 260 g/mol. The summed E-state index contributed by atoms with van der Waals surface area (Å²) in [7, 11) is 0. The zero-order valence-electron chi connectivity index (χ0n) is 10.6. The van der Waals surface area contributed by atoms with Crippen molar-refractivity contribution in [2.24, 2.45) is 0 Å². The van der Waals surface area contributed by atoms with Gasteiger partial charge in [-0.3, -0.25) is 4.79 Å². The van der Waals surface area contributed by atoms with Gasteiger partial charge in [-0.1, -0.05) is 12.5 Å². The number of Topliss-reactive ketones (excluding diaryl/α,β-unsaturated/α-hetero) is 1. The number of carboxylic acids is 1. The second kappa shape index (κ2) is 6.13. The first kappa shape index (κ1) is 13.3. The predicted octanol–water partition coefficient (Wildman–Crippen LogP) is 2.09. The molecule has 0 aliphatic rings. The van der Waals surface area contributed by atoms with Gasteiger partial charge >= 0.3 is 5.97 Å². The van der Waals surface area contributed by atoms with Gasteiger partial charge in [-0.2, -0.15) is 0 Å². The molecule has 5 nitrogen and oxygen atoms in total. The monoisotopic (exact) mass is 260 g/mol. The first-order chi connectivity index (χ1) is 9.18. The molecular formula is C14H16N2O3. The Labute approximate surface area is 110 Å². The molecular weight excluding hydrogens is 244 g/mol. The van der Waals surface area contributed by atoms with E-state index < -0.39 is 11.8 Å². The lowest BCUT2D eigenvalue weighted by Gasteiger charge is -2.05. The average Bonchev–Trinajstić information content (AvgIpc) is 2.87. The zero-order valence-corrected chi connectivity index (χ0v) is 10.6. The number of nitrogens with zero attached hydrogens (tertiary/aromatic N) is 2. The maximum atomic E-state index is 10.9. The summed E-state index contributed by atoms with van der Waals surface area (Å²) in [6, 6.07) is 6.05. The highest BCUT2D eigenvalue weighted by molar-refractivity contribution is 6.32. The second-order valence-corrected chi connectivity index (χ2v) is 4.49. The molecule has 0 saturated carbocycles. The third-order valence-corrected chi connectivity index (χ3v) is 3.11. The van der Waals surface area contributed by atoms with Crippen LogP contribution in [0.25, 0.3) is 5.52 Å². The lowest BCUT2D eigenvalue weighted by Crippen LogP contribution is -2.11. The number of carboxylic acid groups (broad SMARTS) is 1. The van der Waals surface area contributed by atoms with E-state index in [4.69, 9.17) is 5.11 Å². The van der Waals surface area contributed by atoms with Gasteiger partial charge in [0.15, 0.2) is 0 Å². The van der Waals surface area contributed by atoms with Crippen LogP contribution in [-0.4, -0.2) is 26.2 Å².